The van der Waals surface area contributed by atoms with Gasteiger partial charge >= 0.3 is 0 Å². The quantitative estimate of drug-likeness (QED) is 0.852. The van der Waals surface area contributed by atoms with E-state index in [4.69, 9.17) is 16.3 Å². The minimum atomic E-state index is -0.0760. The number of hydrogen-bond acceptors (Lipinski definition) is 4. The number of ether oxygens (including phenoxy) is 1. The lowest BCUT2D eigenvalue weighted by molar-refractivity contribution is -0.115. The lowest BCUT2D eigenvalue weighted by atomic mass is 10.1. The van der Waals surface area contributed by atoms with Gasteiger partial charge in [0, 0.05) is 31.0 Å². The molecular formula is C18H21Cl2N3O2. The Morgan fingerprint density at radius 3 is 2.88 bits per heavy atom. The van der Waals surface area contributed by atoms with Crippen LogP contribution in [0, 0.1) is 0 Å². The first-order valence-corrected chi connectivity index (χ1v) is 8.22. The standard InChI is InChI=1S/C18H20ClN3O2.ClH/c1-24-17-7-6-14(10-15(17)19)21-18(23)12-22-9-8-20-11-13-4-2-3-5-16(13)22;/h2-7,10,20H,8-9,11-12H2,1H3,(H,21,23);1H. The van der Waals surface area contributed by atoms with Crippen LogP contribution in [0.4, 0.5) is 11.4 Å². The molecule has 0 spiro atoms. The van der Waals surface area contributed by atoms with E-state index in [0.29, 0.717) is 23.0 Å². The molecule has 1 aliphatic rings. The molecule has 0 bridgehead atoms. The third-order valence-electron chi connectivity index (χ3n) is 3.98. The van der Waals surface area contributed by atoms with Gasteiger partial charge in [-0.3, -0.25) is 4.79 Å². The maximum Gasteiger partial charge on any atom is 0.243 e. The molecule has 134 valence electrons. The van der Waals surface area contributed by atoms with Crippen molar-refractivity contribution >= 4 is 41.3 Å². The van der Waals surface area contributed by atoms with Gasteiger partial charge in [0.05, 0.1) is 18.7 Å². The van der Waals surface area contributed by atoms with E-state index >= 15 is 0 Å². The van der Waals surface area contributed by atoms with E-state index in [1.165, 1.54) is 5.56 Å². The van der Waals surface area contributed by atoms with E-state index < -0.39 is 0 Å². The molecule has 2 N–H and O–H groups in total. The maximum absolute atomic E-state index is 12.4. The van der Waals surface area contributed by atoms with Crippen molar-refractivity contribution in [3.63, 3.8) is 0 Å². The Kier molecular flexibility index (Phi) is 6.93. The lowest BCUT2D eigenvalue weighted by Gasteiger charge is -2.24. The van der Waals surface area contributed by atoms with Crippen molar-refractivity contribution in [3.8, 4) is 5.75 Å². The monoisotopic (exact) mass is 381 g/mol. The molecule has 0 fully saturated rings. The molecule has 2 aromatic rings. The van der Waals surface area contributed by atoms with Crippen LogP contribution in [0.5, 0.6) is 5.75 Å². The first-order chi connectivity index (χ1) is 11.7. The molecule has 7 heteroatoms. The molecule has 0 aromatic heterocycles. The van der Waals surface area contributed by atoms with E-state index in [0.717, 1.165) is 25.3 Å². The largest absolute Gasteiger partial charge is 0.495 e. The van der Waals surface area contributed by atoms with Crippen LogP contribution in [-0.4, -0.2) is 32.7 Å². The topological polar surface area (TPSA) is 53.6 Å². The summed E-state index contributed by atoms with van der Waals surface area (Å²) in [5.74, 6) is 0.509. The van der Waals surface area contributed by atoms with Crippen molar-refractivity contribution in [2.24, 2.45) is 0 Å². The average Bonchev–Trinajstić information content (AvgIpc) is 2.78. The average molecular weight is 382 g/mol. The summed E-state index contributed by atoms with van der Waals surface area (Å²) in [6.45, 7) is 2.74. The highest BCUT2D eigenvalue weighted by Gasteiger charge is 2.17. The number of anilines is 2. The minimum absolute atomic E-state index is 0. The van der Waals surface area contributed by atoms with Gasteiger partial charge in [-0.2, -0.15) is 0 Å². The van der Waals surface area contributed by atoms with Crippen LogP contribution >= 0.6 is 24.0 Å². The third kappa shape index (κ3) is 4.78. The molecule has 5 nitrogen and oxygen atoms in total. The molecule has 1 amide bonds. The van der Waals surface area contributed by atoms with Gasteiger partial charge in [-0.15, -0.1) is 12.4 Å². The van der Waals surface area contributed by atoms with Crippen molar-refractivity contribution in [1.29, 1.82) is 0 Å². The van der Waals surface area contributed by atoms with E-state index in [2.05, 4.69) is 27.7 Å². The molecule has 0 saturated carbocycles. The normalized spacial score (nSPS) is 13.3. The number of halogens is 2. The summed E-state index contributed by atoms with van der Waals surface area (Å²) in [6, 6.07) is 13.4. The van der Waals surface area contributed by atoms with Crippen LogP contribution in [0.2, 0.25) is 5.02 Å². The van der Waals surface area contributed by atoms with Crippen molar-refractivity contribution in [2.75, 3.05) is 37.0 Å². The summed E-state index contributed by atoms with van der Waals surface area (Å²) < 4.78 is 5.12. The number of carbonyl (C=O) groups is 1. The van der Waals surface area contributed by atoms with E-state index in [9.17, 15) is 4.79 Å². The molecular weight excluding hydrogens is 361 g/mol. The lowest BCUT2D eigenvalue weighted by Crippen LogP contribution is -2.36. The molecule has 0 atom stereocenters. The van der Waals surface area contributed by atoms with E-state index in [1.54, 1.807) is 25.3 Å². The molecule has 0 unspecified atom stereocenters. The highest BCUT2D eigenvalue weighted by Crippen LogP contribution is 2.27. The zero-order valence-corrected chi connectivity index (χ0v) is 15.5. The minimum Gasteiger partial charge on any atom is -0.495 e. The molecule has 25 heavy (non-hydrogen) atoms. The van der Waals surface area contributed by atoms with Crippen LogP contribution < -0.4 is 20.3 Å². The molecule has 3 rings (SSSR count). The second-order valence-electron chi connectivity index (χ2n) is 5.62. The Bertz CT molecular complexity index is 740. The van der Waals surface area contributed by atoms with E-state index in [-0.39, 0.29) is 18.3 Å². The zero-order valence-electron chi connectivity index (χ0n) is 13.9. The Hall–Kier alpha value is -1.95. The fourth-order valence-corrected chi connectivity index (χ4v) is 3.07. The van der Waals surface area contributed by atoms with Crippen molar-refractivity contribution in [2.45, 2.75) is 6.54 Å². The fourth-order valence-electron chi connectivity index (χ4n) is 2.81. The van der Waals surface area contributed by atoms with Gasteiger partial charge in [0.25, 0.3) is 0 Å². The van der Waals surface area contributed by atoms with Gasteiger partial charge in [-0.25, -0.2) is 0 Å². The summed E-state index contributed by atoms with van der Waals surface area (Å²) in [6.07, 6.45) is 0. The highest BCUT2D eigenvalue weighted by molar-refractivity contribution is 6.32. The zero-order chi connectivity index (χ0) is 16.9. The first-order valence-electron chi connectivity index (χ1n) is 7.84. The van der Waals surface area contributed by atoms with Gasteiger partial charge in [0.1, 0.15) is 5.75 Å². The van der Waals surface area contributed by atoms with Gasteiger partial charge in [-0.1, -0.05) is 29.8 Å². The Labute approximate surface area is 158 Å². The second kappa shape index (κ2) is 8.94. The number of fused-ring (bicyclic) bond motifs is 1. The van der Waals surface area contributed by atoms with E-state index in [1.807, 2.05) is 12.1 Å². The van der Waals surface area contributed by atoms with Gasteiger partial charge in [-0.05, 0) is 29.8 Å². The summed E-state index contributed by atoms with van der Waals surface area (Å²) in [7, 11) is 1.56. The fraction of sp³-hybridized carbons (Fsp3) is 0.278. The maximum atomic E-state index is 12.4. The predicted molar refractivity (Wildman–Crippen MR) is 104 cm³/mol. The highest BCUT2D eigenvalue weighted by atomic mass is 35.5. The van der Waals surface area contributed by atoms with Crippen LogP contribution in [0.15, 0.2) is 42.5 Å². The molecule has 0 aliphatic carbocycles. The molecule has 2 aromatic carbocycles. The van der Waals surface area contributed by atoms with Crippen molar-refractivity contribution in [3.05, 3.63) is 53.1 Å². The SMILES string of the molecule is COc1ccc(NC(=O)CN2CCNCc3ccccc32)cc1Cl.Cl. The molecule has 1 aliphatic heterocycles. The summed E-state index contributed by atoms with van der Waals surface area (Å²) in [4.78, 5) is 14.5. The number of benzene rings is 2. The van der Waals surface area contributed by atoms with Crippen LogP contribution in [0.25, 0.3) is 0 Å². The van der Waals surface area contributed by atoms with Gasteiger partial charge < -0.3 is 20.3 Å². The predicted octanol–water partition coefficient (Wildman–Crippen LogP) is 3.32. The van der Waals surface area contributed by atoms with Crippen molar-refractivity contribution < 1.29 is 9.53 Å². The number of nitrogens with zero attached hydrogens (tertiary/aromatic N) is 1. The first kappa shape index (κ1) is 19.4. The number of hydrogen-bond donors (Lipinski definition) is 2. The molecule has 0 radical (unpaired) electrons. The number of methoxy groups -OCH3 is 1. The Morgan fingerprint density at radius 1 is 1.32 bits per heavy atom. The van der Waals surface area contributed by atoms with Crippen molar-refractivity contribution in [1.82, 2.24) is 5.32 Å². The second-order valence-corrected chi connectivity index (χ2v) is 6.03. The number of carbonyl (C=O) groups excluding carboxylic acids is 1. The smallest absolute Gasteiger partial charge is 0.243 e. The summed E-state index contributed by atoms with van der Waals surface area (Å²) in [5, 5.41) is 6.74. The third-order valence-corrected chi connectivity index (χ3v) is 4.27. The van der Waals surface area contributed by atoms with Crippen LogP contribution in [0.1, 0.15) is 5.56 Å². The summed E-state index contributed by atoms with van der Waals surface area (Å²) >= 11 is 6.10. The number of para-hydroxylation sites is 1. The molecule has 0 saturated heterocycles. The van der Waals surface area contributed by atoms with Gasteiger partial charge in [0.15, 0.2) is 0 Å². The number of amides is 1. The number of nitrogens with one attached hydrogen (secondary N) is 2. The number of rotatable bonds is 4. The van der Waals surface area contributed by atoms with Crippen LogP contribution in [0.3, 0.4) is 0 Å². The summed E-state index contributed by atoms with van der Waals surface area (Å²) in [5.41, 5.74) is 2.97. The Balaban J connectivity index is 0.00000225. The van der Waals surface area contributed by atoms with Crippen LogP contribution in [-0.2, 0) is 11.3 Å². The Morgan fingerprint density at radius 2 is 2.12 bits per heavy atom. The van der Waals surface area contributed by atoms with Gasteiger partial charge in [0.2, 0.25) is 5.91 Å². The molecule has 1 heterocycles.